The Balaban J connectivity index is 2.35. The average molecular weight is 480 g/mol. The fraction of sp³-hybridized carbons (Fsp3) is 0.500. The summed E-state index contributed by atoms with van der Waals surface area (Å²) in [6, 6.07) is 14.1. The van der Waals surface area contributed by atoms with E-state index in [1.807, 2.05) is 30.3 Å². The van der Waals surface area contributed by atoms with Crippen LogP contribution in [0.2, 0.25) is 16.6 Å². The maximum atomic E-state index is 6.85. The zero-order valence-corrected chi connectivity index (χ0v) is 21.4. The number of halogens is 1. The smallest absolute Gasteiger partial charge is 0.200 e. The fourth-order valence-corrected chi connectivity index (χ4v) is 10.3. The van der Waals surface area contributed by atoms with E-state index in [9.17, 15) is 0 Å². The van der Waals surface area contributed by atoms with Gasteiger partial charge in [-0.15, -0.1) is 0 Å². The highest BCUT2D eigenvalue weighted by Gasteiger charge is 2.45. The Morgan fingerprint density at radius 1 is 0.828 bits per heavy atom. The molecule has 29 heavy (non-hydrogen) atoms. The van der Waals surface area contributed by atoms with Crippen molar-refractivity contribution in [1.82, 2.24) is 0 Å². The number of ether oxygens (including phenoxy) is 2. The highest BCUT2D eigenvalue weighted by atomic mass is 79.9. The van der Waals surface area contributed by atoms with Crippen LogP contribution in [0.1, 0.15) is 52.7 Å². The minimum Gasteiger partial charge on any atom is -0.493 e. The molecule has 2 aromatic carbocycles. The van der Waals surface area contributed by atoms with Gasteiger partial charge in [-0.1, -0.05) is 87.8 Å². The van der Waals surface area contributed by atoms with E-state index in [1.54, 1.807) is 7.11 Å². The molecule has 0 spiro atoms. The van der Waals surface area contributed by atoms with Crippen molar-refractivity contribution < 1.29 is 13.9 Å². The topological polar surface area (TPSA) is 27.7 Å². The first kappa shape index (κ1) is 24.0. The van der Waals surface area contributed by atoms with E-state index in [-0.39, 0.29) is 0 Å². The van der Waals surface area contributed by atoms with Crippen LogP contribution in [-0.4, -0.2) is 15.4 Å². The van der Waals surface area contributed by atoms with Crippen molar-refractivity contribution in [3.05, 3.63) is 58.1 Å². The van der Waals surface area contributed by atoms with Crippen molar-refractivity contribution in [2.24, 2.45) is 0 Å². The van der Waals surface area contributed by atoms with Crippen LogP contribution < -0.4 is 9.47 Å². The van der Waals surface area contributed by atoms with Crippen LogP contribution in [0.5, 0.6) is 11.5 Å². The van der Waals surface area contributed by atoms with Crippen LogP contribution in [0.3, 0.4) is 0 Å². The lowest BCUT2D eigenvalue weighted by Crippen LogP contribution is -2.47. The third-order valence-corrected chi connectivity index (χ3v) is 12.6. The van der Waals surface area contributed by atoms with Crippen molar-refractivity contribution >= 4 is 24.2 Å². The molecule has 0 aromatic heterocycles. The second-order valence-electron chi connectivity index (χ2n) is 8.44. The van der Waals surface area contributed by atoms with Gasteiger partial charge in [0.2, 0.25) is 8.32 Å². The van der Waals surface area contributed by atoms with Crippen LogP contribution in [0.15, 0.2) is 46.9 Å². The second kappa shape index (κ2) is 10.6. The molecule has 0 atom stereocenters. The molecule has 0 heterocycles. The first-order valence-electron chi connectivity index (χ1n) is 10.4. The van der Waals surface area contributed by atoms with Crippen LogP contribution in [-0.2, 0) is 17.6 Å². The highest BCUT2D eigenvalue weighted by molar-refractivity contribution is 9.10. The molecule has 0 N–H and O–H groups in total. The summed E-state index contributed by atoms with van der Waals surface area (Å²) < 4.78 is 19.7. The summed E-state index contributed by atoms with van der Waals surface area (Å²) in [5.41, 5.74) is 3.72. The minimum absolute atomic E-state index is 0.488. The summed E-state index contributed by atoms with van der Waals surface area (Å²) >= 11 is 3.72. The van der Waals surface area contributed by atoms with Gasteiger partial charge in [-0.25, -0.2) is 0 Å². The Hall–Kier alpha value is -1.30. The second-order valence-corrected chi connectivity index (χ2v) is 14.8. The van der Waals surface area contributed by atoms with E-state index in [0.29, 0.717) is 29.8 Å². The van der Waals surface area contributed by atoms with Crippen LogP contribution in [0, 0.1) is 0 Å². The fourth-order valence-electron chi connectivity index (χ4n) is 4.46. The van der Waals surface area contributed by atoms with E-state index in [1.165, 1.54) is 0 Å². The molecule has 0 saturated heterocycles. The van der Waals surface area contributed by atoms with Gasteiger partial charge in [0, 0.05) is 10.0 Å². The van der Waals surface area contributed by atoms with E-state index < -0.39 is 8.32 Å². The average Bonchev–Trinajstić information content (AvgIpc) is 2.68. The minimum atomic E-state index is -1.99. The van der Waals surface area contributed by atoms with Gasteiger partial charge in [0.05, 0.1) is 13.7 Å². The predicted molar refractivity (Wildman–Crippen MR) is 127 cm³/mol. The molecule has 5 heteroatoms. The largest absolute Gasteiger partial charge is 0.493 e. The molecule has 2 rings (SSSR count). The van der Waals surface area contributed by atoms with Crippen molar-refractivity contribution in [3.63, 3.8) is 0 Å². The molecule has 0 radical (unpaired) electrons. The molecule has 0 aliphatic carbocycles. The summed E-state index contributed by atoms with van der Waals surface area (Å²) in [5.74, 6) is 1.48. The number of methoxy groups -OCH3 is 1. The van der Waals surface area contributed by atoms with Crippen molar-refractivity contribution in [3.8, 4) is 11.5 Å². The first-order chi connectivity index (χ1) is 13.7. The summed E-state index contributed by atoms with van der Waals surface area (Å²) in [6.07, 6.45) is 0. The summed E-state index contributed by atoms with van der Waals surface area (Å²) in [4.78, 5) is 0. The van der Waals surface area contributed by atoms with Gasteiger partial charge in [-0.2, -0.15) is 0 Å². The number of benzene rings is 2. The van der Waals surface area contributed by atoms with E-state index in [0.717, 1.165) is 27.1 Å². The van der Waals surface area contributed by atoms with Crippen LogP contribution in [0.25, 0.3) is 0 Å². The lowest BCUT2D eigenvalue weighted by Gasteiger charge is -2.42. The molecule has 0 aliphatic heterocycles. The Labute approximate surface area is 186 Å². The Kier molecular flexibility index (Phi) is 8.80. The zero-order chi connectivity index (χ0) is 21.6. The maximum absolute atomic E-state index is 6.85. The van der Waals surface area contributed by atoms with Gasteiger partial charge in [-0.05, 0) is 34.3 Å². The van der Waals surface area contributed by atoms with E-state index in [2.05, 4.69) is 69.6 Å². The third kappa shape index (κ3) is 5.44. The number of hydrogen-bond acceptors (Lipinski definition) is 3. The molecule has 0 bridgehead atoms. The summed E-state index contributed by atoms with van der Waals surface area (Å²) in [6.45, 7) is 14.8. The highest BCUT2D eigenvalue weighted by Crippen LogP contribution is 2.44. The molecule has 160 valence electrons. The monoisotopic (exact) mass is 478 g/mol. The van der Waals surface area contributed by atoms with Gasteiger partial charge in [0.1, 0.15) is 6.61 Å². The molecule has 0 fully saturated rings. The standard InChI is InChI=1S/C24H35BrO3Si/c1-17(2)29(18(3)4,19(5)6)28-16-21-22(25)13-14-23(26-7)24(21)27-15-20-11-9-8-10-12-20/h8-14,17-19H,15-16H2,1-7H3. The maximum Gasteiger partial charge on any atom is 0.200 e. The number of rotatable bonds is 10. The normalized spacial score (nSPS) is 12.1. The molecule has 0 aliphatic rings. The third-order valence-electron chi connectivity index (χ3n) is 5.79. The molecule has 0 unspecified atom stereocenters. The molecule has 0 saturated carbocycles. The molecular weight excluding hydrogens is 444 g/mol. The molecule has 3 nitrogen and oxygen atoms in total. The molecular formula is C24H35BrO3Si. The lowest BCUT2D eigenvalue weighted by molar-refractivity contribution is 0.242. The van der Waals surface area contributed by atoms with Gasteiger partial charge in [-0.3, -0.25) is 0 Å². The van der Waals surface area contributed by atoms with Gasteiger partial charge < -0.3 is 13.9 Å². The van der Waals surface area contributed by atoms with E-state index >= 15 is 0 Å². The summed E-state index contributed by atoms with van der Waals surface area (Å²) in [7, 11) is -0.309. The van der Waals surface area contributed by atoms with Crippen LogP contribution >= 0.6 is 15.9 Å². The first-order valence-corrected chi connectivity index (χ1v) is 13.3. The molecule has 0 amide bonds. The lowest BCUT2D eigenvalue weighted by atomic mass is 10.2. The van der Waals surface area contributed by atoms with E-state index in [4.69, 9.17) is 13.9 Å². The van der Waals surface area contributed by atoms with Crippen molar-refractivity contribution in [2.45, 2.75) is 71.4 Å². The van der Waals surface area contributed by atoms with Crippen LogP contribution in [0.4, 0.5) is 0 Å². The molecule has 2 aromatic rings. The van der Waals surface area contributed by atoms with Gasteiger partial charge >= 0.3 is 0 Å². The SMILES string of the molecule is COc1ccc(Br)c(CO[Si](C(C)C)(C(C)C)C(C)C)c1OCc1ccccc1. The Bertz CT molecular complexity index is 753. The number of hydrogen-bond donors (Lipinski definition) is 0. The predicted octanol–water partition coefficient (Wildman–Crippen LogP) is 7.73. The van der Waals surface area contributed by atoms with Gasteiger partial charge in [0.25, 0.3) is 0 Å². The summed E-state index contributed by atoms with van der Waals surface area (Å²) in [5, 5.41) is 0. The Morgan fingerprint density at radius 2 is 1.41 bits per heavy atom. The quantitative estimate of drug-likeness (QED) is 0.326. The van der Waals surface area contributed by atoms with Crippen molar-refractivity contribution in [1.29, 1.82) is 0 Å². The van der Waals surface area contributed by atoms with Gasteiger partial charge in [0.15, 0.2) is 11.5 Å². The Morgan fingerprint density at radius 3 is 1.93 bits per heavy atom. The van der Waals surface area contributed by atoms with Crippen molar-refractivity contribution in [2.75, 3.05) is 7.11 Å². The zero-order valence-electron chi connectivity index (χ0n) is 18.8.